The van der Waals surface area contributed by atoms with Crippen LogP contribution in [-0.2, 0) is 6.42 Å². The fourth-order valence-electron chi connectivity index (χ4n) is 1.51. The molecule has 0 aliphatic rings. The Kier molecular flexibility index (Phi) is 4.60. The van der Waals surface area contributed by atoms with E-state index in [1.165, 1.54) is 11.3 Å². The largest absolute Gasteiger partial charge is 0.351 e. The van der Waals surface area contributed by atoms with E-state index in [1.807, 2.05) is 5.38 Å². The molecule has 0 bridgehead atoms. The lowest BCUT2D eigenvalue weighted by molar-refractivity contribution is 0.0945. The van der Waals surface area contributed by atoms with Crippen molar-refractivity contribution in [1.29, 1.82) is 0 Å². The summed E-state index contributed by atoms with van der Waals surface area (Å²) in [6.45, 7) is 0.279. The molecule has 1 aromatic heterocycles. The van der Waals surface area contributed by atoms with Crippen molar-refractivity contribution in [3.63, 3.8) is 0 Å². The summed E-state index contributed by atoms with van der Waals surface area (Å²) in [5, 5.41) is 5.15. The number of halogens is 3. The van der Waals surface area contributed by atoms with Gasteiger partial charge in [-0.25, -0.2) is 13.8 Å². The van der Waals surface area contributed by atoms with Crippen LogP contribution >= 0.6 is 27.3 Å². The summed E-state index contributed by atoms with van der Waals surface area (Å²) in [7, 11) is 0. The highest BCUT2D eigenvalue weighted by molar-refractivity contribution is 9.10. The second-order valence-corrected chi connectivity index (χ2v) is 5.57. The monoisotopic (exact) mass is 346 g/mol. The Labute approximate surface area is 120 Å². The van der Waals surface area contributed by atoms with Crippen molar-refractivity contribution in [1.82, 2.24) is 10.3 Å². The van der Waals surface area contributed by atoms with Gasteiger partial charge in [0.2, 0.25) is 0 Å². The molecule has 0 unspecified atom stereocenters. The Morgan fingerprint density at radius 2 is 2.05 bits per heavy atom. The highest BCUT2D eigenvalue weighted by atomic mass is 79.9. The number of nitrogens with one attached hydrogen (secondary N) is 1. The minimum Gasteiger partial charge on any atom is -0.351 e. The van der Waals surface area contributed by atoms with Crippen LogP contribution in [0.3, 0.4) is 0 Å². The van der Waals surface area contributed by atoms with Crippen LogP contribution < -0.4 is 5.32 Å². The molecule has 2 rings (SSSR count). The topological polar surface area (TPSA) is 42.0 Å². The van der Waals surface area contributed by atoms with E-state index in [9.17, 15) is 13.6 Å². The van der Waals surface area contributed by atoms with Crippen LogP contribution in [0.4, 0.5) is 8.78 Å². The van der Waals surface area contributed by atoms with E-state index < -0.39 is 23.1 Å². The van der Waals surface area contributed by atoms with Gasteiger partial charge in [0.25, 0.3) is 5.91 Å². The summed E-state index contributed by atoms with van der Waals surface area (Å²) in [4.78, 5) is 15.7. The number of nitrogens with zero attached hydrogens (tertiary/aromatic N) is 1. The number of amides is 1. The van der Waals surface area contributed by atoms with Crippen LogP contribution in [0.25, 0.3) is 0 Å². The second-order valence-electron chi connectivity index (χ2n) is 3.68. The Balaban J connectivity index is 2.00. The maximum Gasteiger partial charge on any atom is 0.257 e. The number of hydrogen-bond donors (Lipinski definition) is 1. The van der Waals surface area contributed by atoms with E-state index in [0.29, 0.717) is 6.42 Å². The van der Waals surface area contributed by atoms with Crippen molar-refractivity contribution in [2.45, 2.75) is 6.42 Å². The molecule has 2 aromatic rings. The molecule has 3 nitrogen and oxygen atoms in total. The lowest BCUT2D eigenvalue weighted by Gasteiger charge is -2.06. The van der Waals surface area contributed by atoms with Crippen molar-refractivity contribution in [3.05, 3.63) is 50.4 Å². The molecule has 0 aliphatic heterocycles. The zero-order valence-electron chi connectivity index (χ0n) is 9.62. The first-order valence-electron chi connectivity index (χ1n) is 5.39. The molecular weight excluding hydrogens is 338 g/mol. The van der Waals surface area contributed by atoms with Gasteiger partial charge in [-0.1, -0.05) is 15.9 Å². The summed E-state index contributed by atoms with van der Waals surface area (Å²) in [6.07, 6.45) is 2.19. The Morgan fingerprint density at radius 1 is 1.37 bits per heavy atom. The molecule has 7 heteroatoms. The molecule has 0 fully saturated rings. The molecule has 1 N–H and O–H groups in total. The van der Waals surface area contributed by atoms with Gasteiger partial charge >= 0.3 is 0 Å². The molecule has 0 saturated heterocycles. The molecule has 0 spiro atoms. The zero-order valence-corrected chi connectivity index (χ0v) is 12.0. The van der Waals surface area contributed by atoms with E-state index >= 15 is 0 Å². The van der Waals surface area contributed by atoms with Crippen molar-refractivity contribution in [2.75, 3.05) is 6.54 Å². The average molecular weight is 347 g/mol. The van der Waals surface area contributed by atoms with Crippen molar-refractivity contribution >= 4 is 33.2 Å². The lowest BCUT2D eigenvalue weighted by atomic mass is 10.2. The first-order chi connectivity index (χ1) is 9.08. The highest BCUT2D eigenvalue weighted by Gasteiger charge is 2.17. The molecule has 19 heavy (non-hydrogen) atoms. The molecule has 100 valence electrons. The van der Waals surface area contributed by atoms with E-state index in [0.717, 1.165) is 17.1 Å². The van der Waals surface area contributed by atoms with Gasteiger partial charge in [-0.15, -0.1) is 11.3 Å². The number of hydrogen-bond acceptors (Lipinski definition) is 3. The maximum absolute atomic E-state index is 13.5. The van der Waals surface area contributed by atoms with Gasteiger partial charge in [0, 0.05) is 29.0 Å². The minimum atomic E-state index is -0.890. The minimum absolute atomic E-state index is 0.252. The predicted molar refractivity (Wildman–Crippen MR) is 72.2 cm³/mol. The summed E-state index contributed by atoms with van der Waals surface area (Å²) in [5.41, 5.74) is -0.567. The average Bonchev–Trinajstić information content (AvgIpc) is 2.80. The van der Waals surface area contributed by atoms with Gasteiger partial charge < -0.3 is 5.32 Å². The van der Waals surface area contributed by atoms with Gasteiger partial charge in [-0.05, 0) is 12.1 Å². The molecule has 0 atom stereocenters. The molecule has 0 radical (unpaired) electrons. The molecular formula is C12H9BrF2N2OS. The van der Waals surface area contributed by atoms with E-state index in [4.69, 9.17) is 0 Å². The zero-order chi connectivity index (χ0) is 13.8. The van der Waals surface area contributed by atoms with Crippen LogP contribution in [0.1, 0.15) is 15.4 Å². The first kappa shape index (κ1) is 14.1. The first-order valence-corrected chi connectivity index (χ1v) is 7.06. The third-order valence-corrected chi connectivity index (χ3v) is 3.64. The number of benzene rings is 1. The second kappa shape index (κ2) is 6.21. The van der Waals surface area contributed by atoms with Crippen LogP contribution in [0, 0.1) is 11.6 Å². The van der Waals surface area contributed by atoms with Crippen LogP contribution in [0.15, 0.2) is 28.2 Å². The third kappa shape index (κ3) is 3.57. The fraction of sp³-hybridized carbons (Fsp3) is 0.167. The Bertz CT molecular complexity index is 566. The number of aromatic nitrogens is 1. The summed E-state index contributed by atoms with van der Waals surface area (Å²) < 4.78 is 27.3. The fourth-order valence-corrected chi connectivity index (χ4v) is 2.53. The van der Waals surface area contributed by atoms with Crippen LogP contribution in [-0.4, -0.2) is 17.4 Å². The van der Waals surface area contributed by atoms with Crippen molar-refractivity contribution < 1.29 is 13.6 Å². The maximum atomic E-state index is 13.5. The van der Waals surface area contributed by atoms with Gasteiger partial charge in [-0.2, -0.15) is 0 Å². The van der Waals surface area contributed by atoms with E-state index in [2.05, 4.69) is 26.2 Å². The van der Waals surface area contributed by atoms with Crippen LogP contribution in [0.5, 0.6) is 0 Å². The predicted octanol–water partition coefficient (Wildman–Crippen LogP) is 3.16. The van der Waals surface area contributed by atoms with Crippen LogP contribution in [0.2, 0.25) is 0 Å². The summed E-state index contributed by atoms with van der Waals surface area (Å²) >= 11 is 4.42. The van der Waals surface area contributed by atoms with Gasteiger partial charge in [0.05, 0.1) is 5.01 Å². The SMILES string of the molecule is O=C(NCCc1nccs1)c1c(F)cc(Br)cc1F. The molecule has 1 aromatic carbocycles. The number of thiazole rings is 1. The Hall–Kier alpha value is -1.34. The summed E-state index contributed by atoms with van der Waals surface area (Å²) in [5.74, 6) is -2.55. The third-order valence-electron chi connectivity index (χ3n) is 2.34. The van der Waals surface area contributed by atoms with Crippen molar-refractivity contribution in [3.8, 4) is 0 Å². The van der Waals surface area contributed by atoms with Gasteiger partial charge in [0.1, 0.15) is 17.2 Å². The quantitative estimate of drug-likeness (QED) is 0.923. The molecule has 1 amide bonds. The Morgan fingerprint density at radius 3 is 2.63 bits per heavy atom. The smallest absolute Gasteiger partial charge is 0.257 e. The van der Waals surface area contributed by atoms with E-state index in [1.54, 1.807) is 6.20 Å². The highest BCUT2D eigenvalue weighted by Crippen LogP contribution is 2.19. The van der Waals surface area contributed by atoms with Gasteiger partial charge in [0.15, 0.2) is 0 Å². The van der Waals surface area contributed by atoms with Gasteiger partial charge in [-0.3, -0.25) is 4.79 Å². The van der Waals surface area contributed by atoms with E-state index in [-0.39, 0.29) is 11.0 Å². The number of carbonyl (C=O) groups excluding carboxylic acids is 1. The standard InChI is InChI=1S/C12H9BrF2N2OS/c13-7-5-8(14)11(9(15)6-7)12(18)17-2-1-10-16-3-4-19-10/h3-6H,1-2H2,(H,17,18). The lowest BCUT2D eigenvalue weighted by Crippen LogP contribution is -2.27. The molecule has 0 saturated carbocycles. The summed E-state index contributed by atoms with van der Waals surface area (Å²) in [6, 6.07) is 2.11. The molecule has 1 heterocycles. The van der Waals surface area contributed by atoms with Crippen molar-refractivity contribution in [2.24, 2.45) is 0 Å². The normalized spacial score (nSPS) is 10.5. The molecule has 0 aliphatic carbocycles. The number of rotatable bonds is 4. The number of carbonyl (C=O) groups is 1.